The van der Waals surface area contributed by atoms with E-state index in [1.807, 2.05) is 4.90 Å². The molecule has 0 unspecified atom stereocenters. The molecule has 1 aromatic rings. The monoisotopic (exact) mass is 469 g/mol. The molecule has 0 bridgehead atoms. The Balaban J connectivity index is 2.37. The minimum absolute atomic E-state index is 0.153. The summed E-state index contributed by atoms with van der Waals surface area (Å²) in [6.45, 7) is 8.62. The van der Waals surface area contributed by atoms with Crippen molar-refractivity contribution in [3.8, 4) is 0 Å². The fourth-order valence-corrected chi connectivity index (χ4v) is 3.71. The van der Waals surface area contributed by atoms with Gasteiger partial charge in [0.25, 0.3) is 0 Å². The molecule has 0 spiro atoms. The average molecular weight is 470 g/mol. The maximum absolute atomic E-state index is 13.5. The van der Waals surface area contributed by atoms with Crippen LogP contribution >= 0.6 is 11.8 Å². The van der Waals surface area contributed by atoms with Gasteiger partial charge >= 0.3 is 0 Å². The fourth-order valence-electron chi connectivity index (χ4n) is 3.07. The second-order valence-corrected chi connectivity index (χ2v) is 7.70. The van der Waals surface area contributed by atoms with Gasteiger partial charge in [0, 0.05) is 18.7 Å². The Hall–Kier alpha value is -3.59. The molecule has 172 valence electrons. The third-order valence-corrected chi connectivity index (χ3v) is 5.32. The van der Waals surface area contributed by atoms with Gasteiger partial charge < -0.3 is 15.2 Å². The summed E-state index contributed by atoms with van der Waals surface area (Å²) in [6.07, 6.45) is 8.34. The van der Waals surface area contributed by atoms with E-state index in [0.717, 1.165) is 17.8 Å². The number of rotatable bonds is 9. The number of carbonyl (C=O) groups excluding carboxylic acids is 1. The lowest BCUT2D eigenvalue weighted by Gasteiger charge is -2.38. The summed E-state index contributed by atoms with van der Waals surface area (Å²) in [7, 11) is 0. The quantitative estimate of drug-likeness (QED) is 0.227. The molecule has 0 aliphatic carbocycles. The Morgan fingerprint density at radius 3 is 2.48 bits per heavy atom. The molecule has 9 heteroatoms. The smallest absolute Gasteiger partial charge is 0.247 e. The van der Waals surface area contributed by atoms with E-state index in [1.54, 1.807) is 34.6 Å². The highest BCUT2D eigenvalue weighted by molar-refractivity contribution is 8.16. The van der Waals surface area contributed by atoms with Crippen LogP contribution in [-0.2, 0) is 4.79 Å². The fraction of sp³-hybridized carbons (Fsp3) is 0.167. The highest BCUT2D eigenvalue weighted by Crippen LogP contribution is 2.29. The van der Waals surface area contributed by atoms with Crippen molar-refractivity contribution in [2.45, 2.75) is 6.42 Å². The third kappa shape index (κ3) is 7.50. The van der Waals surface area contributed by atoms with E-state index in [0.29, 0.717) is 42.7 Å². The maximum atomic E-state index is 13.5. The molecule has 1 aromatic carbocycles. The first kappa shape index (κ1) is 25.7. The molecule has 33 heavy (non-hydrogen) atoms. The van der Waals surface area contributed by atoms with E-state index in [9.17, 15) is 13.6 Å². The van der Waals surface area contributed by atoms with Crippen molar-refractivity contribution >= 4 is 41.3 Å². The number of allylic oxidation sites excluding steroid dienone is 5. The van der Waals surface area contributed by atoms with Crippen molar-refractivity contribution in [2.24, 2.45) is 4.99 Å². The van der Waals surface area contributed by atoms with Gasteiger partial charge in [-0.25, -0.2) is 8.78 Å². The van der Waals surface area contributed by atoms with E-state index in [2.05, 4.69) is 18.3 Å². The van der Waals surface area contributed by atoms with Crippen molar-refractivity contribution in [3.05, 3.63) is 89.5 Å². The standard InChI is InChI=1S/C24H25F2N5OS/c1-3-21(32)30-13-7-14-31(17-30)23(22(29-2)18-9-11-19(25)12-10-18)24(28)33-15-6-4-5-8-20(26)16-27/h3-6,8-12,15-16,27-28H,1-2,7,13-14,17H2/b5-4+,15-6+,20-8+,23-22-,27-16?,28-24?. The number of benzene rings is 1. The lowest BCUT2D eigenvalue weighted by Crippen LogP contribution is -2.47. The molecule has 1 heterocycles. The van der Waals surface area contributed by atoms with Gasteiger partial charge in [0.05, 0.1) is 24.3 Å². The lowest BCUT2D eigenvalue weighted by atomic mass is 10.1. The van der Waals surface area contributed by atoms with Crippen molar-refractivity contribution in [1.29, 1.82) is 10.8 Å². The van der Waals surface area contributed by atoms with E-state index >= 15 is 0 Å². The Morgan fingerprint density at radius 1 is 1.15 bits per heavy atom. The van der Waals surface area contributed by atoms with Crippen LogP contribution in [0.1, 0.15) is 12.0 Å². The van der Waals surface area contributed by atoms with Gasteiger partial charge in [-0.15, -0.1) is 0 Å². The van der Waals surface area contributed by atoms with Crippen LogP contribution < -0.4 is 0 Å². The molecular weight excluding hydrogens is 444 g/mol. The molecule has 1 amide bonds. The van der Waals surface area contributed by atoms with Crippen LogP contribution in [0.5, 0.6) is 0 Å². The summed E-state index contributed by atoms with van der Waals surface area (Å²) in [4.78, 5) is 19.8. The second-order valence-electron chi connectivity index (χ2n) is 6.78. The molecule has 1 aliphatic heterocycles. The molecule has 1 aliphatic rings. The number of hydrogen-bond donors (Lipinski definition) is 2. The number of nitrogens with zero attached hydrogens (tertiary/aromatic N) is 3. The molecule has 0 radical (unpaired) electrons. The SMILES string of the molecule is C=CC(=O)N1CCCN(/C(C(=N)S/C=C/C=C/C=C(/F)C=N)=C(\N=C)c2ccc(F)cc2)C1. The predicted octanol–water partition coefficient (Wildman–Crippen LogP) is 5.16. The van der Waals surface area contributed by atoms with Crippen LogP contribution in [-0.4, -0.2) is 53.4 Å². The summed E-state index contributed by atoms with van der Waals surface area (Å²) in [5, 5.41) is 17.3. The Morgan fingerprint density at radius 2 is 1.85 bits per heavy atom. The van der Waals surface area contributed by atoms with Crippen LogP contribution in [0.3, 0.4) is 0 Å². The zero-order valence-corrected chi connectivity index (χ0v) is 18.8. The Kier molecular flexibility index (Phi) is 10.2. The number of nitrogens with one attached hydrogen (secondary N) is 2. The van der Waals surface area contributed by atoms with E-state index in [-0.39, 0.29) is 17.6 Å². The normalized spacial score (nSPS) is 15.5. The van der Waals surface area contributed by atoms with E-state index in [1.165, 1.54) is 24.3 Å². The van der Waals surface area contributed by atoms with Crippen molar-refractivity contribution in [1.82, 2.24) is 9.80 Å². The lowest BCUT2D eigenvalue weighted by molar-refractivity contribution is -0.129. The number of aliphatic imine (C=N–C) groups is 1. The van der Waals surface area contributed by atoms with Gasteiger partial charge in [-0.05, 0) is 55.0 Å². The summed E-state index contributed by atoms with van der Waals surface area (Å²) >= 11 is 1.11. The summed E-state index contributed by atoms with van der Waals surface area (Å²) in [6, 6.07) is 5.75. The molecule has 0 atom stereocenters. The molecule has 0 saturated carbocycles. The second kappa shape index (κ2) is 13.1. The minimum atomic E-state index is -0.671. The molecule has 6 nitrogen and oxygen atoms in total. The first-order valence-electron chi connectivity index (χ1n) is 9.99. The highest BCUT2D eigenvalue weighted by atomic mass is 32.2. The molecule has 0 aromatic heterocycles. The van der Waals surface area contributed by atoms with Crippen molar-refractivity contribution < 1.29 is 13.6 Å². The van der Waals surface area contributed by atoms with Gasteiger partial charge in [0.15, 0.2) is 0 Å². The molecular formula is C24H25F2N5OS. The molecule has 1 fully saturated rings. The van der Waals surface area contributed by atoms with Gasteiger partial charge in [-0.2, -0.15) is 0 Å². The maximum Gasteiger partial charge on any atom is 0.247 e. The van der Waals surface area contributed by atoms with Crippen LogP contribution in [0.25, 0.3) is 5.70 Å². The summed E-state index contributed by atoms with van der Waals surface area (Å²) in [5.74, 6) is -1.27. The topological polar surface area (TPSA) is 83.6 Å². The molecule has 2 N–H and O–H groups in total. The predicted molar refractivity (Wildman–Crippen MR) is 133 cm³/mol. The molecule has 2 rings (SSSR count). The van der Waals surface area contributed by atoms with E-state index in [4.69, 9.17) is 10.8 Å². The largest absolute Gasteiger partial charge is 0.350 e. The number of carbonyl (C=O) groups is 1. The average Bonchev–Trinajstić information content (AvgIpc) is 2.84. The van der Waals surface area contributed by atoms with E-state index < -0.39 is 11.6 Å². The first-order valence-corrected chi connectivity index (χ1v) is 10.9. The number of amides is 1. The van der Waals surface area contributed by atoms with Gasteiger partial charge in [-0.1, -0.05) is 36.6 Å². The number of thioether (sulfide) groups is 1. The number of hydrogen-bond acceptors (Lipinski definition) is 6. The van der Waals surface area contributed by atoms with Crippen LogP contribution in [0.15, 0.2) is 83.1 Å². The van der Waals surface area contributed by atoms with Gasteiger partial charge in [0.2, 0.25) is 5.91 Å². The van der Waals surface area contributed by atoms with Crippen molar-refractivity contribution in [3.63, 3.8) is 0 Å². The van der Waals surface area contributed by atoms with Crippen LogP contribution in [0.4, 0.5) is 8.78 Å². The van der Waals surface area contributed by atoms with Crippen LogP contribution in [0, 0.1) is 16.6 Å². The first-order chi connectivity index (χ1) is 15.9. The Bertz CT molecular complexity index is 1030. The summed E-state index contributed by atoms with van der Waals surface area (Å²) in [5.41, 5.74) is 1.46. The van der Waals surface area contributed by atoms with Gasteiger partial charge in [-0.3, -0.25) is 15.2 Å². The number of halogens is 2. The highest BCUT2D eigenvalue weighted by Gasteiger charge is 2.26. The van der Waals surface area contributed by atoms with Gasteiger partial charge in [0.1, 0.15) is 16.7 Å². The van der Waals surface area contributed by atoms with Crippen molar-refractivity contribution in [2.75, 3.05) is 19.8 Å². The zero-order valence-electron chi connectivity index (χ0n) is 18.0. The molecule has 1 saturated heterocycles. The third-order valence-electron chi connectivity index (χ3n) is 4.60. The zero-order chi connectivity index (χ0) is 24.2. The van der Waals surface area contributed by atoms with Crippen LogP contribution in [0.2, 0.25) is 0 Å². The summed E-state index contributed by atoms with van der Waals surface area (Å²) < 4.78 is 26.4. The Labute approximate surface area is 196 Å². The minimum Gasteiger partial charge on any atom is -0.350 e.